The van der Waals surface area contributed by atoms with E-state index in [4.69, 9.17) is 10.3 Å². The van der Waals surface area contributed by atoms with Crippen LogP contribution in [0.1, 0.15) is 60.7 Å². The lowest BCUT2D eigenvalue weighted by molar-refractivity contribution is 0.0898. The monoisotopic (exact) mass is 361 g/mol. The molecule has 3 fully saturated rings. The lowest BCUT2D eigenvalue weighted by Gasteiger charge is -2.38. The van der Waals surface area contributed by atoms with Crippen molar-refractivity contribution in [2.75, 3.05) is 26.2 Å². The van der Waals surface area contributed by atoms with E-state index >= 15 is 0 Å². The van der Waals surface area contributed by atoms with E-state index in [9.17, 15) is 9.59 Å². The minimum absolute atomic E-state index is 0.0717. The normalized spacial score (nSPS) is 22.5. The quantitative estimate of drug-likeness (QED) is 0.844. The Morgan fingerprint density at radius 1 is 1.04 bits per heavy atom. The van der Waals surface area contributed by atoms with Gasteiger partial charge in [-0.25, -0.2) is 4.79 Å². The van der Waals surface area contributed by atoms with Gasteiger partial charge in [-0.2, -0.15) is 0 Å². The van der Waals surface area contributed by atoms with Crippen molar-refractivity contribution < 1.29 is 14.1 Å². The number of aromatic nitrogens is 1. The predicted molar refractivity (Wildman–Crippen MR) is 94.7 cm³/mol. The molecule has 1 aromatic heterocycles. The molecule has 142 valence electrons. The first-order chi connectivity index (χ1) is 12.6. The zero-order valence-electron chi connectivity index (χ0n) is 15.0. The summed E-state index contributed by atoms with van der Waals surface area (Å²) in [4.78, 5) is 28.7. The fourth-order valence-corrected chi connectivity index (χ4v) is 3.72. The number of rotatable bonds is 3. The van der Waals surface area contributed by atoms with Crippen LogP contribution in [0.5, 0.6) is 0 Å². The highest BCUT2D eigenvalue weighted by Gasteiger charge is 2.31. The molecular weight excluding hydrogens is 334 g/mol. The number of urea groups is 1. The highest BCUT2D eigenvalue weighted by molar-refractivity contribution is 5.92. The van der Waals surface area contributed by atoms with E-state index in [1.807, 2.05) is 9.80 Å². The van der Waals surface area contributed by atoms with Gasteiger partial charge in [0.05, 0.1) is 0 Å². The number of carbonyl (C=O) groups is 2. The van der Waals surface area contributed by atoms with Crippen molar-refractivity contribution >= 4 is 11.9 Å². The minimum atomic E-state index is -0.185. The molecule has 4 rings (SSSR count). The summed E-state index contributed by atoms with van der Waals surface area (Å²) in [5, 5.41) is 6.91. The van der Waals surface area contributed by atoms with Crippen LogP contribution in [-0.2, 0) is 0 Å². The Morgan fingerprint density at radius 2 is 1.65 bits per heavy atom. The maximum Gasteiger partial charge on any atom is 0.320 e. The average molecular weight is 361 g/mol. The Labute approximate surface area is 153 Å². The zero-order valence-corrected chi connectivity index (χ0v) is 15.0. The predicted octanol–water partition coefficient (Wildman–Crippen LogP) is 1.29. The van der Waals surface area contributed by atoms with Crippen LogP contribution < -0.4 is 11.1 Å². The van der Waals surface area contributed by atoms with Gasteiger partial charge < -0.3 is 25.4 Å². The Bertz CT molecular complexity index is 656. The van der Waals surface area contributed by atoms with Gasteiger partial charge in [0.2, 0.25) is 0 Å². The van der Waals surface area contributed by atoms with Gasteiger partial charge in [-0.15, -0.1) is 0 Å². The SMILES string of the molecule is NC1CCN(C(=O)N2CCC(NC(=O)c3cc(C4CC4)on3)CC2)CC1. The van der Waals surface area contributed by atoms with E-state index in [1.165, 1.54) is 0 Å². The minimum Gasteiger partial charge on any atom is -0.360 e. The van der Waals surface area contributed by atoms with Gasteiger partial charge in [-0.05, 0) is 38.5 Å². The van der Waals surface area contributed by atoms with Crippen molar-refractivity contribution in [2.24, 2.45) is 5.73 Å². The number of piperidine rings is 2. The van der Waals surface area contributed by atoms with Crippen LogP contribution in [0, 0.1) is 0 Å². The Balaban J connectivity index is 1.24. The largest absolute Gasteiger partial charge is 0.360 e. The second-order valence-electron chi connectivity index (χ2n) is 7.73. The molecule has 3 N–H and O–H groups in total. The molecule has 0 aromatic carbocycles. The number of hydrogen-bond donors (Lipinski definition) is 2. The highest BCUT2D eigenvalue weighted by Crippen LogP contribution is 2.40. The Morgan fingerprint density at radius 3 is 2.27 bits per heavy atom. The molecule has 8 nitrogen and oxygen atoms in total. The van der Waals surface area contributed by atoms with Crippen LogP contribution in [-0.4, -0.2) is 65.2 Å². The molecule has 1 aromatic rings. The second-order valence-corrected chi connectivity index (χ2v) is 7.73. The number of likely N-dealkylation sites (tertiary alicyclic amines) is 2. The molecule has 3 heterocycles. The third-order valence-electron chi connectivity index (χ3n) is 5.65. The fraction of sp³-hybridized carbons (Fsp3) is 0.722. The summed E-state index contributed by atoms with van der Waals surface area (Å²) < 4.78 is 5.24. The van der Waals surface area contributed by atoms with E-state index in [1.54, 1.807) is 6.07 Å². The molecule has 2 saturated heterocycles. The molecule has 0 unspecified atom stereocenters. The van der Waals surface area contributed by atoms with Gasteiger partial charge in [-0.1, -0.05) is 5.16 Å². The Hall–Kier alpha value is -2.09. The van der Waals surface area contributed by atoms with Crippen molar-refractivity contribution in [1.82, 2.24) is 20.3 Å². The molecule has 0 atom stereocenters. The molecule has 1 saturated carbocycles. The van der Waals surface area contributed by atoms with Gasteiger partial charge >= 0.3 is 6.03 Å². The number of amides is 3. The van der Waals surface area contributed by atoms with Gasteiger partial charge in [0, 0.05) is 50.2 Å². The average Bonchev–Trinajstić information content (AvgIpc) is 3.39. The van der Waals surface area contributed by atoms with E-state index < -0.39 is 0 Å². The van der Waals surface area contributed by atoms with Crippen molar-refractivity contribution in [2.45, 2.75) is 56.5 Å². The maximum absolute atomic E-state index is 12.6. The van der Waals surface area contributed by atoms with Gasteiger partial charge in [-0.3, -0.25) is 4.79 Å². The molecule has 0 radical (unpaired) electrons. The number of nitrogens with zero attached hydrogens (tertiary/aromatic N) is 3. The van der Waals surface area contributed by atoms with Crippen molar-refractivity contribution in [3.8, 4) is 0 Å². The van der Waals surface area contributed by atoms with Crippen molar-refractivity contribution in [3.05, 3.63) is 17.5 Å². The van der Waals surface area contributed by atoms with Gasteiger partial charge in [0.1, 0.15) is 5.76 Å². The van der Waals surface area contributed by atoms with Crippen LogP contribution in [0.3, 0.4) is 0 Å². The summed E-state index contributed by atoms with van der Waals surface area (Å²) in [5.74, 6) is 1.08. The number of nitrogens with two attached hydrogens (primary N) is 1. The smallest absolute Gasteiger partial charge is 0.320 e. The third-order valence-corrected chi connectivity index (χ3v) is 5.65. The van der Waals surface area contributed by atoms with Crippen LogP contribution in [0.2, 0.25) is 0 Å². The topological polar surface area (TPSA) is 105 Å². The first-order valence-electron chi connectivity index (χ1n) is 9.67. The number of carbonyl (C=O) groups excluding carboxylic acids is 2. The standard InChI is InChI=1S/C18H27N5O3/c19-13-3-7-22(8-4-13)18(25)23-9-5-14(6-10-23)20-17(24)15-11-16(26-21-15)12-1-2-12/h11-14H,1-10,19H2,(H,20,24). The van der Waals surface area contributed by atoms with Crippen molar-refractivity contribution in [1.29, 1.82) is 0 Å². The molecule has 2 aliphatic heterocycles. The van der Waals surface area contributed by atoms with Gasteiger partial charge in [0.15, 0.2) is 5.69 Å². The summed E-state index contributed by atoms with van der Waals surface area (Å²) in [5.41, 5.74) is 6.26. The molecule has 0 spiro atoms. The zero-order chi connectivity index (χ0) is 18.1. The van der Waals surface area contributed by atoms with E-state index in [-0.39, 0.29) is 24.0 Å². The fourth-order valence-electron chi connectivity index (χ4n) is 3.72. The summed E-state index contributed by atoms with van der Waals surface area (Å²) in [7, 11) is 0. The third kappa shape index (κ3) is 3.85. The molecule has 26 heavy (non-hydrogen) atoms. The van der Waals surface area contributed by atoms with Gasteiger partial charge in [0.25, 0.3) is 5.91 Å². The summed E-state index contributed by atoms with van der Waals surface area (Å²) in [6, 6.07) is 2.15. The first-order valence-corrected chi connectivity index (χ1v) is 9.67. The molecule has 1 aliphatic carbocycles. The summed E-state index contributed by atoms with van der Waals surface area (Å²) in [6.07, 6.45) is 5.51. The van der Waals surface area contributed by atoms with Crippen LogP contribution in [0.4, 0.5) is 4.79 Å². The highest BCUT2D eigenvalue weighted by atomic mass is 16.5. The van der Waals surface area contributed by atoms with Crippen LogP contribution in [0.25, 0.3) is 0 Å². The molecule has 3 aliphatic rings. The van der Waals surface area contributed by atoms with Crippen LogP contribution in [0.15, 0.2) is 10.6 Å². The first kappa shape index (κ1) is 17.3. The van der Waals surface area contributed by atoms with E-state index in [0.717, 1.165) is 57.4 Å². The summed E-state index contributed by atoms with van der Waals surface area (Å²) in [6.45, 7) is 2.81. The Kier molecular flexibility index (Phi) is 4.84. The summed E-state index contributed by atoms with van der Waals surface area (Å²) >= 11 is 0. The van der Waals surface area contributed by atoms with Crippen LogP contribution >= 0.6 is 0 Å². The number of hydrogen-bond acceptors (Lipinski definition) is 5. The number of nitrogens with one attached hydrogen (secondary N) is 1. The lowest BCUT2D eigenvalue weighted by atomic mass is 10.0. The molecule has 8 heteroatoms. The second kappa shape index (κ2) is 7.26. The molecule has 3 amide bonds. The molecule has 0 bridgehead atoms. The van der Waals surface area contributed by atoms with Crippen molar-refractivity contribution in [3.63, 3.8) is 0 Å². The van der Waals surface area contributed by atoms with E-state index in [0.29, 0.717) is 24.7 Å². The van der Waals surface area contributed by atoms with E-state index in [2.05, 4.69) is 10.5 Å². The molecular formula is C18H27N5O3. The maximum atomic E-state index is 12.6. The lowest BCUT2D eigenvalue weighted by Crippen LogP contribution is -2.53.